The van der Waals surface area contributed by atoms with E-state index in [-0.39, 0.29) is 11.8 Å². The van der Waals surface area contributed by atoms with Gasteiger partial charge in [0.25, 0.3) is 0 Å². The third-order valence-electron chi connectivity index (χ3n) is 5.31. The number of pyridine rings is 1. The van der Waals surface area contributed by atoms with Crippen molar-refractivity contribution in [3.05, 3.63) is 30.6 Å². The number of carbonyl (C=O) groups excluding carboxylic acids is 1. The summed E-state index contributed by atoms with van der Waals surface area (Å²) in [5.41, 5.74) is 1.74. The van der Waals surface area contributed by atoms with Crippen molar-refractivity contribution in [1.82, 2.24) is 14.5 Å². The quantitative estimate of drug-likeness (QED) is 0.938. The summed E-state index contributed by atoms with van der Waals surface area (Å²) >= 11 is 0. The molecule has 1 aliphatic heterocycles. The third kappa shape index (κ3) is 3.16. The van der Waals surface area contributed by atoms with Crippen LogP contribution >= 0.6 is 0 Å². The monoisotopic (exact) mass is 328 g/mol. The molecule has 0 unspecified atom stereocenters. The van der Waals surface area contributed by atoms with E-state index in [9.17, 15) is 4.79 Å². The first kappa shape index (κ1) is 15.6. The van der Waals surface area contributed by atoms with Crippen LogP contribution in [0.4, 0.5) is 5.69 Å². The van der Waals surface area contributed by atoms with Gasteiger partial charge in [-0.25, -0.2) is 4.52 Å². The number of hydrogen-bond acceptors (Lipinski definition) is 4. The highest BCUT2D eigenvalue weighted by Gasteiger charge is 2.30. The van der Waals surface area contributed by atoms with Crippen molar-refractivity contribution in [2.75, 3.05) is 31.6 Å². The van der Waals surface area contributed by atoms with E-state index < -0.39 is 0 Å². The fourth-order valence-corrected chi connectivity index (χ4v) is 3.91. The van der Waals surface area contributed by atoms with Crippen LogP contribution in [0.5, 0.6) is 0 Å². The van der Waals surface area contributed by atoms with Crippen LogP contribution in [0.2, 0.25) is 0 Å². The Hall–Kier alpha value is -1.92. The fourth-order valence-electron chi connectivity index (χ4n) is 3.91. The summed E-state index contributed by atoms with van der Waals surface area (Å²) < 4.78 is 7.21. The normalized spacial score (nSPS) is 25.7. The van der Waals surface area contributed by atoms with Crippen LogP contribution in [-0.2, 0) is 9.53 Å². The molecule has 2 aromatic heterocycles. The summed E-state index contributed by atoms with van der Waals surface area (Å²) in [5, 5.41) is 7.35. The Bertz CT molecular complexity index is 700. The molecule has 1 saturated heterocycles. The van der Waals surface area contributed by atoms with Crippen molar-refractivity contribution in [2.45, 2.75) is 31.7 Å². The molecule has 0 radical (unpaired) electrons. The van der Waals surface area contributed by atoms with E-state index in [1.807, 2.05) is 24.4 Å². The molecule has 24 heavy (non-hydrogen) atoms. The van der Waals surface area contributed by atoms with Gasteiger partial charge in [0, 0.05) is 31.2 Å². The number of amides is 1. The van der Waals surface area contributed by atoms with Gasteiger partial charge in [-0.05, 0) is 37.8 Å². The topological polar surface area (TPSA) is 58.9 Å². The maximum atomic E-state index is 12.6. The highest BCUT2D eigenvalue weighted by molar-refractivity contribution is 5.96. The van der Waals surface area contributed by atoms with Gasteiger partial charge in [-0.2, -0.15) is 5.10 Å². The fraction of sp³-hybridized carbons (Fsp3) is 0.556. The van der Waals surface area contributed by atoms with Gasteiger partial charge < -0.3 is 10.1 Å². The SMILES string of the molecule is O=C(Nc1cnn2ccccc12)C1CCC(N2CCOCC2)CC1. The molecular formula is C18H24N4O2. The van der Waals surface area contributed by atoms with Crippen molar-refractivity contribution in [1.29, 1.82) is 0 Å². The Morgan fingerprint density at radius 2 is 1.96 bits per heavy atom. The minimum absolute atomic E-state index is 0.112. The number of aromatic nitrogens is 2. The molecular weight excluding hydrogens is 304 g/mol. The molecule has 0 bridgehead atoms. The Morgan fingerprint density at radius 1 is 1.17 bits per heavy atom. The van der Waals surface area contributed by atoms with E-state index in [1.54, 1.807) is 10.7 Å². The Labute approximate surface area is 141 Å². The lowest BCUT2D eigenvalue weighted by atomic mass is 9.84. The largest absolute Gasteiger partial charge is 0.379 e. The van der Waals surface area contributed by atoms with Gasteiger partial charge in [0.15, 0.2) is 0 Å². The van der Waals surface area contributed by atoms with Crippen LogP contribution < -0.4 is 5.32 Å². The second kappa shape index (κ2) is 6.91. The molecule has 1 amide bonds. The van der Waals surface area contributed by atoms with Crippen molar-refractivity contribution in [3.63, 3.8) is 0 Å². The zero-order chi connectivity index (χ0) is 16.4. The highest BCUT2D eigenvalue weighted by atomic mass is 16.5. The Kier molecular flexibility index (Phi) is 4.49. The van der Waals surface area contributed by atoms with Gasteiger partial charge in [-0.1, -0.05) is 6.07 Å². The molecule has 2 aliphatic rings. The predicted octanol–water partition coefficient (Wildman–Crippen LogP) is 2.16. The molecule has 2 aromatic rings. The predicted molar refractivity (Wildman–Crippen MR) is 92.0 cm³/mol. The van der Waals surface area contributed by atoms with Crippen LogP contribution in [0, 0.1) is 5.92 Å². The molecule has 3 heterocycles. The van der Waals surface area contributed by atoms with Gasteiger partial charge >= 0.3 is 0 Å². The molecule has 4 rings (SSSR count). The number of rotatable bonds is 3. The van der Waals surface area contributed by atoms with Crippen LogP contribution in [0.15, 0.2) is 30.6 Å². The van der Waals surface area contributed by atoms with Gasteiger partial charge in [0.05, 0.1) is 30.6 Å². The lowest BCUT2D eigenvalue weighted by molar-refractivity contribution is -0.121. The number of fused-ring (bicyclic) bond motifs is 1. The van der Waals surface area contributed by atoms with Crippen LogP contribution in [0.1, 0.15) is 25.7 Å². The highest BCUT2D eigenvalue weighted by Crippen LogP contribution is 2.29. The molecule has 0 atom stereocenters. The summed E-state index contributed by atoms with van der Waals surface area (Å²) in [6.45, 7) is 3.75. The van der Waals surface area contributed by atoms with Crippen molar-refractivity contribution >= 4 is 17.1 Å². The van der Waals surface area contributed by atoms with E-state index in [1.165, 1.54) is 0 Å². The molecule has 0 spiro atoms. The summed E-state index contributed by atoms with van der Waals surface area (Å²) in [6, 6.07) is 6.48. The van der Waals surface area contributed by atoms with Crippen molar-refractivity contribution in [3.8, 4) is 0 Å². The number of nitrogens with one attached hydrogen (secondary N) is 1. The maximum absolute atomic E-state index is 12.6. The number of ether oxygens (including phenoxy) is 1. The molecule has 0 aromatic carbocycles. The lowest BCUT2D eigenvalue weighted by Gasteiger charge is -2.38. The van der Waals surface area contributed by atoms with E-state index in [0.29, 0.717) is 6.04 Å². The zero-order valence-electron chi connectivity index (χ0n) is 13.9. The molecule has 6 nitrogen and oxygen atoms in total. The van der Waals surface area contributed by atoms with Gasteiger partial charge in [0.2, 0.25) is 5.91 Å². The molecule has 1 saturated carbocycles. The Balaban J connectivity index is 1.34. The van der Waals surface area contributed by atoms with Gasteiger partial charge in [-0.3, -0.25) is 9.69 Å². The molecule has 1 aliphatic carbocycles. The summed E-state index contributed by atoms with van der Waals surface area (Å²) in [5.74, 6) is 0.245. The average Bonchev–Trinajstić information content (AvgIpc) is 3.06. The molecule has 6 heteroatoms. The van der Waals surface area contributed by atoms with Crippen LogP contribution in [0.3, 0.4) is 0 Å². The number of carbonyl (C=O) groups is 1. The number of nitrogens with zero attached hydrogens (tertiary/aromatic N) is 3. The van der Waals surface area contributed by atoms with E-state index >= 15 is 0 Å². The van der Waals surface area contributed by atoms with Crippen LogP contribution in [-0.4, -0.2) is 52.8 Å². The minimum atomic E-state index is 0.112. The maximum Gasteiger partial charge on any atom is 0.227 e. The Morgan fingerprint density at radius 3 is 2.75 bits per heavy atom. The first-order valence-electron chi connectivity index (χ1n) is 8.86. The number of anilines is 1. The lowest BCUT2D eigenvalue weighted by Crippen LogP contribution is -2.45. The summed E-state index contributed by atoms with van der Waals surface area (Å²) in [4.78, 5) is 15.1. The van der Waals surface area contributed by atoms with Gasteiger partial charge in [-0.15, -0.1) is 0 Å². The zero-order valence-corrected chi connectivity index (χ0v) is 13.9. The molecule has 2 fully saturated rings. The van der Waals surface area contributed by atoms with Gasteiger partial charge in [0.1, 0.15) is 0 Å². The molecule has 128 valence electrons. The first-order chi connectivity index (χ1) is 11.8. The second-order valence-corrected chi connectivity index (χ2v) is 6.73. The second-order valence-electron chi connectivity index (χ2n) is 6.73. The molecule has 1 N–H and O–H groups in total. The van der Waals surface area contributed by atoms with Crippen molar-refractivity contribution in [2.24, 2.45) is 5.92 Å². The smallest absolute Gasteiger partial charge is 0.227 e. The third-order valence-corrected chi connectivity index (χ3v) is 5.31. The van der Waals surface area contributed by atoms with Crippen molar-refractivity contribution < 1.29 is 9.53 Å². The number of hydrogen-bond donors (Lipinski definition) is 1. The first-order valence-corrected chi connectivity index (χ1v) is 8.86. The summed E-state index contributed by atoms with van der Waals surface area (Å²) in [7, 11) is 0. The average molecular weight is 328 g/mol. The summed E-state index contributed by atoms with van der Waals surface area (Å²) in [6.07, 6.45) is 7.75. The van der Waals surface area contributed by atoms with Crippen LogP contribution in [0.25, 0.3) is 5.52 Å². The van der Waals surface area contributed by atoms with E-state index in [0.717, 1.165) is 63.2 Å². The van der Waals surface area contributed by atoms with E-state index in [2.05, 4.69) is 15.3 Å². The number of morpholine rings is 1. The minimum Gasteiger partial charge on any atom is -0.379 e. The standard InChI is InChI=1S/C18H24N4O2/c23-18(20-16-13-19-22-8-2-1-3-17(16)22)14-4-6-15(7-5-14)21-9-11-24-12-10-21/h1-3,8,13-15H,4-7,9-12H2,(H,20,23). The van der Waals surface area contributed by atoms with E-state index in [4.69, 9.17) is 4.74 Å².